The molecule has 0 amide bonds. The summed E-state index contributed by atoms with van der Waals surface area (Å²) in [4.78, 5) is 1.18. The molecule has 0 bridgehead atoms. The lowest BCUT2D eigenvalue weighted by molar-refractivity contribution is 0.282. The molecular weight excluding hydrogens is 278 g/mol. The average Bonchev–Trinajstić information content (AvgIpc) is 2.91. The monoisotopic (exact) mass is 295 g/mol. The first-order valence-electron chi connectivity index (χ1n) is 6.20. The van der Waals surface area contributed by atoms with Crippen LogP contribution in [-0.4, -0.2) is 21.8 Å². The van der Waals surface area contributed by atoms with Gasteiger partial charge in [-0.25, -0.2) is 0 Å². The molecule has 0 radical (unpaired) electrons. The first kappa shape index (κ1) is 14.3. The second kappa shape index (κ2) is 7.47. The van der Waals surface area contributed by atoms with Crippen LogP contribution in [0.5, 0.6) is 0 Å². The van der Waals surface area contributed by atoms with Gasteiger partial charge in [-0.2, -0.15) is 0 Å². The van der Waals surface area contributed by atoms with E-state index in [0.29, 0.717) is 0 Å². The minimum absolute atomic E-state index is 0.0911. The van der Waals surface area contributed by atoms with Crippen molar-refractivity contribution >= 4 is 28.2 Å². The summed E-state index contributed by atoms with van der Waals surface area (Å²) in [6, 6.07) is 7.92. The summed E-state index contributed by atoms with van der Waals surface area (Å²) < 4.78 is 0. The maximum Gasteiger partial charge on any atom is 0.205 e. The third-order valence-electron chi connectivity index (χ3n) is 2.46. The molecule has 0 spiro atoms. The molecule has 1 aromatic carbocycles. The molecule has 0 aliphatic heterocycles. The summed E-state index contributed by atoms with van der Waals surface area (Å²) >= 11 is 3.33. The molecule has 2 N–H and O–H groups in total. The Kier molecular flexibility index (Phi) is 5.62. The highest BCUT2D eigenvalue weighted by Crippen LogP contribution is 2.26. The average molecular weight is 295 g/mol. The summed E-state index contributed by atoms with van der Waals surface area (Å²) in [6.07, 6.45) is 1.08. The molecule has 1 aromatic heterocycles. The molecular formula is C13H17N3OS2. The molecule has 19 heavy (non-hydrogen) atoms. The maximum atomic E-state index is 8.98. The molecule has 0 saturated carbocycles. The SMILES string of the molecule is CCCNc1nnc(CSc2ccc(CO)cc2)s1. The highest BCUT2D eigenvalue weighted by atomic mass is 32.2. The van der Waals surface area contributed by atoms with Gasteiger partial charge in [0.2, 0.25) is 5.13 Å². The van der Waals surface area contributed by atoms with Crippen molar-refractivity contribution in [2.75, 3.05) is 11.9 Å². The first-order valence-corrected chi connectivity index (χ1v) is 8.01. The Hall–Kier alpha value is -1.11. The lowest BCUT2D eigenvalue weighted by atomic mass is 10.2. The van der Waals surface area contributed by atoms with Gasteiger partial charge in [0, 0.05) is 11.4 Å². The smallest absolute Gasteiger partial charge is 0.205 e. The number of nitrogens with one attached hydrogen (secondary N) is 1. The maximum absolute atomic E-state index is 8.98. The Bertz CT molecular complexity index is 499. The van der Waals surface area contributed by atoms with Crippen LogP contribution < -0.4 is 5.32 Å². The van der Waals surface area contributed by atoms with Gasteiger partial charge >= 0.3 is 0 Å². The lowest BCUT2D eigenvalue weighted by Gasteiger charge is -2.00. The van der Waals surface area contributed by atoms with Crippen molar-refractivity contribution in [3.63, 3.8) is 0 Å². The Morgan fingerprint density at radius 3 is 2.74 bits per heavy atom. The van der Waals surface area contributed by atoms with Crippen LogP contribution in [0.1, 0.15) is 23.9 Å². The van der Waals surface area contributed by atoms with Gasteiger partial charge in [0.05, 0.1) is 12.4 Å². The van der Waals surface area contributed by atoms with E-state index in [9.17, 15) is 0 Å². The molecule has 1 heterocycles. The molecule has 2 rings (SSSR count). The molecule has 0 atom stereocenters. The molecule has 0 fully saturated rings. The van der Waals surface area contributed by atoms with Crippen molar-refractivity contribution in [2.45, 2.75) is 30.6 Å². The van der Waals surface area contributed by atoms with E-state index in [-0.39, 0.29) is 6.61 Å². The third-order valence-corrected chi connectivity index (χ3v) is 4.55. The van der Waals surface area contributed by atoms with Gasteiger partial charge in [-0.05, 0) is 24.1 Å². The second-order valence-electron chi connectivity index (χ2n) is 4.02. The van der Waals surface area contributed by atoms with E-state index in [1.165, 1.54) is 4.90 Å². The standard InChI is InChI=1S/C13H17N3OS2/c1-2-7-14-13-16-15-12(19-13)9-18-11-5-3-10(8-17)4-6-11/h3-6,17H,2,7-9H2,1H3,(H,14,16). The summed E-state index contributed by atoms with van der Waals surface area (Å²) in [5.41, 5.74) is 0.936. The van der Waals surface area contributed by atoms with Crippen molar-refractivity contribution in [1.82, 2.24) is 10.2 Å². The predicted octanol–water partition coefficient (Wildman–Crippen LogP) is 3.14. The Morgan fingerprint density at radius 1 is 1.26 bits per heavy atom. The second-order valence-corrected chi connectivity index (χ2v) is 6.13. The number of hydrogen-bond acceptors (Lipinski definition) is 6. The Labute approximate surface area is 121 Å². The van der Waals surface area contributed by atoms with E-state index >= 15 is 0 Å². The van der Waals surface area contributed by atoms with Crippen LogP contribution in [0.3, 0.4) is 0 Å². The zero-order chi connectivity index (χ0) is 13.5. The van der Waals surface area contributed by atoms with Gasteiger partial charge in [-0.1, -0.05) is 30.4 Å². The highest BCUT2D eigenvalue weighted by Gasteiger charge is 2.04. The molecule has 0 aliphatic carbocycles. The fourth-order valence-electron chi connectivity index (χ4n) is 1.45. The van der Waals surface area contributed by atoms with Crippen molar-refractivity contribution in [2.24, 2.45) is 0 Å². The zero-order valence-electron chi connectivity index (χ0n) is 10.8. The topological polar surface area (TPSA) is 58.0 Å². The first-order chi connectivity index (χ1) is 9.31. The summed E-state index contributed by atoms with van der Waals surface area (Å²) in [5, 5.41) is 22.4. The van der Waals surface area contributed by atoms with Crippen LogP contribution >= 0.6 is 23.1 Å². The van der Waals surface area contributed by atoms with Crippen LogP contribution in [0, 0.1) is 0 Å². The molecule has 0 unspecified atom stereocenters. The number of nitrogens with zero attached hydrogens (tertiary/aromatic N) is 2. The van der Waals surface area contributed by atoms with Gasteiger partial charge in [-0.3, -0.25) is 0 Å². The van der Waals surface area contributed by atoms with E-state index in [2.05, 4.69) is 22.4 Å². The third kappa shape index (κ3) is 4.49. The largest absolute Gasteiger partial charge is 0.392 e. The molecule has 102 valence electrons. The normalized spacial score (nSPS) is 10.6. The van der Waals surface area contributed by atoms with E-state index in [4.69, 9.17) is 5.11 Å². The molecule has 2 aromatic rings. The Balaban J connectivity index is 1.85. The van der Waals surface area contributed by atoms with Crippen molar-refractivity contribution in [1.29, 1.82) is 0 Å². The number of aliphatic hydroxyl groups is 1. The van der Waals surface area contributed by atoms with Gasteiger partial charge in [0.1, 0.15) is 5.01 Å². The fraction of sp³-hybridized carbons (Fsp3) is 0.385. The van der Waals surface area contributed by atoms with Gasteiger partial charge in [0.25, 0.3) is 0 Å². The zero-order valence-corrected chi connectivity index (χ0v) is 12.4. The van der Waals surface area contributed by atoms with E-state index in [0.717, 1.165) is 34.4 Å². The minimum Gasteiger partial charge on any atom is -0.392 e. The van der Waals surface area contributed by atoms with Crippen LogP contribution in [0.2, 0.25) is 0 Å². The van der Waals surface area contributed by atoms with Crippen molar-refractivity contribution in [3.05, 3.63) is 34.8 Å². The lowest BCUT2D eigenvalue weighted by Crippen LogP contribution is -1.98. The Morgan fingerprint density at radius 2 is 2.05 bits per heavy atom. The van der Waals surface area contributed by atoms with Crippen LogP contribution in [0.4, 0.5) is 5.13 Å². The van der Waals surface area contributed by atoms with E-state index in [1.54, 1.807) is 23.1 Å². The van der Waals surface area contributed by atoms with Crippen molar-refractivity contribution in [3.8, 4) is 0 Å². The van der Waals surface area contributed by atoms with Crippen LogP contribution in [-0.2, 0) is 12.4 Å². The molecule has 6 heteroatoms. The number of thioether (sulfide) groups is 1. The van der Waals surface area contributed by atoms with Crippen molar-refractivity contribution < 1.29 is 5.11 Å². The molecule has 4 nitrogen and oxygen atoms in total. The van der Waals surface area contributed by atoms with Gasteiger partial charge in [-0.15, -0.1) is 22.0 Å². The van der Waals surface area contributed by atoms with E-state index < -0.39 is 0 Å². The van der Waals surface area contributed by atoms with Gasteiger partial charge < -0.3 is 10.4 Å². The molecule has 0 saturated heterocycles. The minimum atomic E-state index is 0.0911. The summed E-state index contributed by atoms with van der Waals surface area (Å²) in [6.45, 7) is 3.15. The quantitative estimate of drug-likeness (QED) is 0.769. The van der Waals surface area contributed by atoms with Crippen LogP contribution in [0.25, 0.3) is 0 Å². The number of anilines is 1. The van der Waals surface area contributed by atoms with Crippen LogP contribution in [0.15, 0.2) is 29.2 Å². The summed E-state index contributed by atoms with van der Waals surface area (Å²) in [7, 11) is 0. The van der Waals surface area contributed by atoms with E-state index in [1.807, 2.05) is 24.3 Å². The predicted molar refractivity (Wildman–Crippen MR) is 80.6 cm³/mol. The summed E-state index contributed by atoms with van der Waals surface area (Å²) in [5.74, 6) is 0.823. The number of rotatable bonds is 7. The number of benzene rings is 1. The molecule has 0 aliphatic rings. The number of aliphatic hydroxyl groups excluding tert-OH is 1. The highest BCUT2D eigenvalue weighted by molar-refractivity contribution is 7.98. The number of aromatic nitrogens is 2. The number of hydrogen-bond donors (Lipinski definition) is 2. The van der Waals surface area contributed by atoms with Gasteiger partial charge in [0.15, 0.2) is 0 Å². The fourth-order valence-corrected chi connectivity index (χ4v) is 3.10.